The molecule has 0 aromatic heterocycles. The van der Waals surface area contributed by atoms with Crippen molar-refractivity contribution < 1.29 is 14.3 Å². The Morgan fingerprint density at radius 2 is 1.65 bits per heavy atom. The highest BCUT2D eigenvalue weighted by Gasteiger charge is 2.33. The van der Waals surface area contributed by atoms with Crippen molar-refractivity contribution in [3.63, 3.8) is 0 Å². The third kappa shape index (κ3) is 6.90. The van der Waals surface area contributed by atoms with Crippen LogP contribution in [0.4, 0.5) is 17.1 Å². The van der Waals surface area contributed by atoms with Gasteiger partial charge in [0.15, 0.2) is 0 Å². The van der Waals surface area contributed by atoms with Crippen LogP contribution < -0.4 is 20.5 Å². The van der Waals surface area contributed by atoms with Crippen LogP contribution in [0, 0.1) is 13.8 Å². The first-order chi connectivity index (χ1) is 19.0. The Bertz CT molecular complexity index is 1500. The lowest BCUT2D eigenvalue weighted by atomic mass is 10.1. The first-order valence-electron chi connectivity index (χ1n) is 11.9. The summed E-state index contributed by atoms with van der Waals surface area (Å²) in [7, 11) is 0. The lowest BCUT2D eigenvalue weighted by molar-refractivity contribution is -0.117. The van der Waals surface area contributed by atoms with Crippen LogP contribution in [-0.2, 0) is 9.59 Å². The van der Waals surface area contributed by atoms with Crippen molar-refractivity contribution in [3.8, 4) is 5.75 Å². The smallest absolute Gasteiger partial charge is 0.253 e. The number of halogens is 6. The molecule has 1 fully saturated rings. The number of nitrogens with zero attached hydrogens (tertiary/aromatic N) is 2. The third-order valence-electron chi connectivity index (χ3n) is 5.84. The molecule has 1 aliphatic rings. The Kier molecular flexibility index (Phi) is 9.98. The summed E-state index contributed by atoms with van der Waals surface area (Å²) < 4.78 is 5.79. The number of rotatable bonds is 8. The highest BCUT2D eigenvalue weighted by atomic mass is 35.5. The van der Waals surface area contributed by atoms with Crippen LogP contribution in [-0.4, -0.2) is 24.3 Å². The highest BCUT2D eigenvalue weighted by Crippen LogP contribution is 2.48. The summed E-state index contributed by atoms with van der Waals surface area (Å²) >= 11 is 37.3. The fourth-order valence-corrected chi connectivity index (χ4v) is 5.37. The van der Waals surface area contributed by atoms with Crippen LogP contribution in [0.15, 0.2) is 41.4 Å². The molecule has 0 unspecified atom stereocenters. The number of aryl methyl sites for hydroxylation is 2. The molecule has 7 nitrogen and oxygen atoms in total. The fraction of sp³-hybridized carbons (Fsp3) is 0.222. The number of carbonyl (C=O) groups excluding carboxylic acids is 2. The van der Waals surface area contributed by atoms with Crippen LogP contribution in [0.3, 0.4) is 0 Å². The molecule has 13 heteroatoms. The van der Waals surface area contributed by atoms with Crippen molar-refractivity contribution >= 4 is 104 Å². The number of aliphatic imine (C=N–C) groups is 1. The average molecular weight is 663 g/mol. The van der Waals surface area contributed by atoms with E-state index in [2.05, 4.69) is 15.7 Å². The van der Waals surface area contributed by atoms with Gasteiger partial charge in [-0.1, -0.05) is 87.3 Å². The highest BCUT2D eigenvalue weighted by molar-refractivity contribution is 6.57. The zero-order valence-electron chi connectivity index (χ0n) is 21.2. The maximum absolute atomic E-state index is 12.8. The van der Waals surface area contributed by atoms with E-state index in [0.717, 1.165) is 21.9 Å². The molecule has 0 atom stereocenters. The molecule has 4 rings (SSSR count). The molecule has 1 aliphatic heterocycles. The van der Waals surface area contributed by atoms with E-state index >= 15 is 0 Å². The lowest BCUT2D eigenvalue weighted by Crippen LogP contribution is -2.36. The minimum Gasteiger partial charge on any atom is -0.493 e. The van der Waals surface area contributed by atoms with Crippen molar-refractivity contribution in [1.29, 1.82) is 0 Å². The third-order valence-corrected chi connectivity index (χ3v) is 8.42. The standard InChI is InChI=1S/C27H22Cl6N4O3/c1-13-5-8-18(14(2)10-13)40-9-3-4-20(38)34-15-6-7-16(28)17(11-15)35-19-12-21(39)37(36-19)27-25(32)23(30)22(29)24(31)26(27)33/h5-8,10-11H,3-4,9,12H2,1-2H3,(H,34,38)(H,35,36). The number of hydrazine groups is 1. The van der Waals surface area contributed by atoms with Crippen LogP contribution in [0.5, 0.6) is 5.75 Å². The van der Waals surface area contributed by atoms with E-state index in [1.165, 1.54) is 0 Å². The molecule has 0 bridgehead atoms. The second-order valence-electron chi connectivity index (χ2n) is 8.93. The lowest BCUT2D eigenvalue weighted by Gasteiger charge is -2.21. The quantitative estimate of drug-likeness (QED) is 0.143. The Labute approximate surface area is 261 Å². The number of anilines is 2. The second kappa shape index (κ2) is 13.1. The van der Waals surface area contributed by atoms with Crippen molar-refractivity contribution in [2.24, 2.45) is 4.99 Å². The van der Waals surface area contributed by atoms with Gasteiger partial charge in [0.1, 0.15) is 17.3 Å². The molecular formula is C27H22Cl6N4O3. The number of hydrogen-bond acceptors (Lipinski definition) is 4. The van der Waals surface area contributed by atoms with Gasteiger partial charge in [-0.15, -0.1) is 0 Å². The molecule has 210 valence electrons. The Balaban J connectivity index is 1.40. The zero-order valence-corrected chi connectivity index (χ0v) is 25.7. The van der Waals surface area contributed by atoms with E-state index in [0.29, 0.717) is 29.4 Å². The molecule has 3 aromatic carbocycles. The summed E-state index contributed by atoms with van der Waals surface area (Å²) in [6.45, 7) is 4.41. The summed E-state index contributed by atoms with van der Waals surface area (Å²) in [6, 6.07) is 10.8. The molecule has 2 N–H and O–H groups in total. The van der Waals surface area contributed by atoms with E-state index in [1.807, 2.05) is 32.0 Å². The number of nitrogens with one attached hydrogen (secondary N) is 2. The summed E-state index contributed by atoms with van der Waals surface area (Å²) in [4.78, 5) is 29.7. The monoisotopic (exact) mass is 660 g/mol. The van der Waals surface area contributed by atoms with Crippen molar-refractivity contribution in [3.05, 3.63) is 77.7 Å². The van der Waals surface area contributed by atoms with Crippen molar-refractivity contribution in [1.82, 2.24) is 5.43 Å². The Morgan fingerprint density at radius 3 is 2.33 bits per heavy atom. The van der Waals surface area contributed by atoms with Crippen molar-refractivity contribution in [2.45, 2.75) is 33.1 Å². The molecule has 40 heavy (non-hydrogen) atoms. The minimum atomic E-state index is -0.416. The van der Waals surface area contributed by atoms with Gasteiger partial charge in [0.2, 0.25) is 5.91 Å². The first-order valence-corrected chi connectivity index (χ1v) is 14.2. The Morgan fingerprint density at radius 1 is 0.975 bits per heavy atom. The summed E-state index contributed by atoms with van der Waals surface area (Å²) in [5, 5.41) is 4.02. The maximum atomic E-state index is 12.8. The van der Waals surface area contributed by atoms with Crippen molar-refractivity contribution in [2.75, 3.05) is 16.9 Å². The predicted molar refractivity (Wildman–Crippen MR) is 165 cm³/mol. The van der Waals surface area contributed by atoms with Gasteiger partial charge in [0.05, 0.1) is 48.9 Å². The van der Waals surface area contributed by atoms with E-state index in [9.17, 15) is 9.59 Å². The van der Waals surface area contributed by atoms with E-state index in [-0.39, 0.29) is 55.4 Å². The number of benzene rings is 3. The van der Waals surface area contributed by atoms with Gasteiger partial charge in [-0.05, 0) is 50.1 Å². The predicted octanol–water partition coefficient (Wildman–Crippen LogP) is 8.99. The fourth-order valence-electron chi connectivity index (χ4n) is 3.91. The van der Waals surface area contributed by atoms with Crippen LogP contribution in [0.25, 0.3) is 0 Å². The second-order valence-corrected chi connectivity index (χ2v) is 11.2. The van der Waals surface area contributed by atoms with E-state index in [1.54, 1.807) is 18.2 Å². The van der Waals surface area contributed by atoms with Gasteiger partial charge in [-0.3, -0.25) is 15.0 Å². The average Bonchev–Trinajstić information content (AvgIpc) is 3.26. The van der Waals surface area contributed by atoms with Gasteiger partial charge in [-0.2, -0.15) is 0 Å². The Hall–Kier alpha value is -2.39. The molecule has 1 saturated heterocycles. The van der Waals surface area contributed by atoms with Gasteiger partial charge < -0.3 is 10.1 Å². The van der Waals surface area contributed by atoms with Gasteiger partial charge in [-0.25, -0.2) is 10.0 Å². The molecule has 0 spiro atoms. The largest absolute Gasteiger partial charge is 0.493 e. The van der Waals surface area contributed by atoms with Gasteiger partial charge in [0, 0.05) is 12.1 Å². The van der Waals surface area contributed by atoms with Crippen LogP contribution in [0.1, 0.15) is 30.4 Å². The number of amidine groups is 1. The number of amides is 2. The molecule has 2 amide bonds. The van der Waals surface area contributed by atoms with Gasteiger partial charge in [0.25, 0.3) is 5.91 Å². The van der Waals surface area contributed by atoms with E-state index in [4.69, 9.17) is 74.3 Å². The zero-order chi connectivity index (χ0) is 29.1. The number of ether oxygens (including phenoxy) is 1. The molecule has 3 aromatic rings. The minimum absolute atomic E-state index is 0.0258. The first kappa shape index (κ1) is 30.6. The SMILES string of the molecule is Cc1ccc(OCCCC(=O)Nc2ccc(Cl)c(N=C3CC(=O)N(c4c(Cl)c(Cl)c(Cl)c(Cl)c4Cl)N3)c2)c(C)c1. The summed E-state index contributed by atoms with van der Waals surface area (Å²) in [6.07, 6.45) is 0.682. The molecule has 0 radical (unpaired) electrons. The topological polar surface area (TPSA) is 83.0 Å². The van der Waals surface area contributed by atoms with Gasteiger partial charge >= 0.3 is 0 Å². The summed E-state index contributed by atoms with van der Waals surface area (Å²) in [5.41, 5.74) is 5.93. The normalized spacial score (nSPS) is 14.1. The molecule has 0 saturated carbocycles. The van der Waals surface area contributed by atoms with Crippen LogP contribution in [0.2, 0.25) is 30.1 Å². The number of carbonyl (C=O) groups is 2. The molecule has 0 aliphatic carbocycles. The summed E-state index contributed by atoms with van der Waals surface area (Å²) in [5.74, 6) is 0.456. The molecular weight excluding hydrogens is 641 g/mol. The maximum Gasteiger partial charge on any atom is 0.253 e. The van der Waals surface area contributed by atoms with E-state index < -0.39 is 5.91 Å². The van der Waals surface area contributed by atoms with Crippen LogP contribution >= 0.6 is 69.6 Å². The number of hydrogen-bond donors (Lipinski definition) is 2. The molecule has 1 heterocycles.